The Morgan fingerprint density at radius 2 is 2.00 bits per heavy atom. The predicted molar refractivity (Wildman–Crippen MR) is 90.8 cm³/mol. The van der Waals surface area contributed by atoms with Gasteiger partial charge in [-0.1, -0.05) is 6.92 Å². The lowest BCUT2D eigenvalue weighted by molar-refractivity contribution is 0.0911. The summed E-state index contributed by atoms with van der Waals surface area (Å²) in [5.74, 6) is 0.0194. The molecule has 0 spiro atoms. The van der Waals surface area contributed by atoms with Gasteiger partial charge in [0.15, 0.2) is 0 Å². The number of carbonyl (C=O) groups excluding carboxylic acids is 1. The Morgan fingerprint density at radius 1 is 1.26 bits per heavy atom. The van der Waals surface area contributed by atoms with Gasteiger partial charge in [0.2, 0.25) is 0 Å². The second-order valence-electron chi connectivity index (χ2n) is 6.09. The van der Waals surface area contributed by atoms with Gasteiger partial charge in [0.05, 0.1) is 5.69 Å². The van der Waals surface area contributed by atoms with Gasteiger partial charge in [-0.25, -0.2) is 4.68 Å². The number of hydrogen-bond acceptors (Lipinski definition) is 3. The maximum Gasteiger partial charge on any atom is 0.251 e. The molecule has 0 aliphatic carbocycles. The van der Waals surface area contributed by atoms with Gasteiger partial charge in [-0.05, 0) is 56.1 Å². The first-order valence-corrected chi connectivity index (χ1v) is 8.39. The van der Waals surface area contributed by atoms with Crippen molar-refractivity contribution in [3.05, 3.63) is 48.3 Å². The van der Waals surface area contributed by atoms with E-state index in [9.17, 15) is 4.79 Å². The van der Waals surface area contributed by atoms with Gasteiger partial charge in [0, 0.05) is 37.1 Å². The van der Waals surface area contributed by atoms with E-state index in [-0.39, 0.29) is 5.91 Å². The summed E-state index contributed by atoms with van der Waals surface area (Å²) in [6, 6.07) is 9.74. The van der Waals surface area contributed by atoms with Crippen LogP contribution in [-0.4, -0.2) is 46.3 Å². The number of carbonyl (C=O) groups is 1. The van der Waals surface area contributed by atoms with E-state index >= 15 is 0 Å². The molecule has 0 saturated carbocycles. The molecule has 0 radical (unpaired) electrons. The molecular formula is C18H24N4O. The molecule has 1 fully saturated rings. The summed E-state index contributed by atoms with van der Waals surface area (Å²) in [5.41, 5.74) is 1.66. The van der Waals surface area contributed by atoms with Crippen LogP contribution in [0, 0.1) is 0 Å². The highest BCUT2D eigenvalue weighted by atomic mass is 16.1. The van der Waals surface area contributed by atoms with Gasteiger partial charge in [0.1, 0.15) is 0 Å². The molecular weight excluding hydrogens is 288 g/mol. The maximum atomic E-state index is 12.4. The smallest absolute Gasteiger partial charge is 0.251 e. The predicted octanol–water partition coefficient (Wildman–Crippen LogP) is 2.48. The molecule has 1 aromatic carbocycles. The second-order valence-corrected chi connectivity index (χ2v) is 6.09. The van der Waals surface area contributed by atoms with E-state index in [0.29, 0.717) is 11.6 Å². The minimum Gasteiger partial charge on any atom is -0.349 e. The Hall–Kier alpha value is -2.14. The van der Waals surface area contributed by atoms with E-state index in [1.54, 1.807) is 10.9 Å². The molecule has 0 unspecified atom stereocenters. The van der Waals surface area contributed by atoms with Crippen LogP contribution < -0.4 is 5.32 Å². The second kappa shape index (κ2) is 7.42. The van der Waals surface area contributed by atoms with Crippen molar-refractivity contribution >= 4 is 5.91 Å². The van der Waals surface area contributed by atoms with Crippen LogP contribution in [0.2, 0.25) is 0 Å². The molecule has 0 atom stereocenters. The van der Waals surface area contributed by atoms with Gasteiger partial charge in [-0.15, -0.1) is 0 Å². The van der Waals surface area contributed by atoms with Crippen molar-refractivity contribution in [1.29, 1.82) is 0 Å². The van der Waals surface area contributed by atoms with Gasteiger partial charge < -0.3 is 10.2 Å². The fraction of sp³-hybridized carbons (Fsp3) is 0.444. The molecule has 5 nitrogen and oxygen atoms in total. The Bertz CT molecular complexity index is 613. The van der Waals surface area contributed by atoms with E-state index in [1.165, 1.54) is 6.42 Å². The summed E-state index contributed by atoms with van der Waals surface area (Å²) in [6.45, 7) is 5.53. The topological polar surface area (TPSA) is 50.2 Å². The van der Waals surface area contributed by atoms with Crippen molar-refractivity contribution in [2.75, 3.05) is 19.6 Å². The molecule has 2 aromatic rings. The molecule has 1 saturated heterocycles. The lowest BCUT2D eigenvalue weighted by Crippen LogP contribution is -2.44. The zero-order chi connectivity index (χ0) is 16.1. The minimum absolute atomic E-state index is 0.0194. The summed E-state index contributed by atoms with van der Waals surface area (Å²) in [5, 5.41) is 7.35. The van der Waals surface area contributed by atoms with Crippen molar-refractivity contribution in [3.63, 3.8) is 0 Å². The van der Waals surface area contributed by atoms with Crippen molar-refractivity contribution in [2.24, 2.45) is 0 Å². The third kappa shape index (κ3) is 3.99. The van der Waals surface area contributed by atoms with E-state index in [2.05, 4.69) is 22.2 Å². The van der Waals surface area contributed by atoms with Gasteiger partial charge >= 0.3 is 0 Å². The van der Waals surface area contributed by atoms with Gasteiger partial charge in [0.25, 0.3) is 5.91 Å². The lowest BCUT2D eigenvalue weighted by atomic mass is 10.0. The number of rotatable bonds is 5. The Labute approximate surface area is 137 Å². The SMILES string of the molecule is CCCN1CCC(NC(=O)c2ccc(-n3cccn3)cc2)CC1. The number of benzene rings is 1. The Kier molecular flexibility index (Phi) is 5.08. The van der Waals surface area contributed by atoms with Crippen molar-refractivity contribution in [1.82, 2.24) is 20.0 Å². The molecule has 3 rings (SSSR count). The average Bonchev–Trinajstić information content (AvgIpc) is 3.11. The van der Waals surface area contributed by atoms with Gasteiger partial charge in [-0.3, -0.25) is 4.79 Å². The molecule has 122 valence electrons. The van der Waals surface area contributed by atoms with Crippen LogP contribution in [0.5, 0.6) is 0 Å². The largest absolute Gasteiger partial charge is 0.349 e. The standard InChI is InChI=1S/C18H24N4O/c1-2-11-21-13-8-16(9-14-21)20-18(23)15-4-6-17(7-5-15)22-12-3-10-19-22/h3-7,10,12,16H,2,8-9,11,13-14H2,1H3,(H,20,23). The molecule has 1 N–H and O–H groups in total. The van der Waals surface area contributed by atoms with E-state index < -0.39 is 0 Å². The molecule has 5 heteroatoms. The molecule has 1 aliphatic rings. The molecule has 0 bridgehead atoms. The number of likely N-dealkylation sites (tertiary alicyclic amines) is 1. The quantitative estimate of drug-likeness (QED) is 0.923. The monoisotopic (exact) mass is 312 g/mol. The van der Waals surface area contributed by atoms with Crippen LogP contribution in [-0.2, 0) is 0 Å². The number of nitrogens with zero attached hydrogens (tertiary/aromatic N) is 3. The fourth-order valence-electron chi connectivity index (χ4n) is 3.07. The summed E-state index contributed by atoms with van der Waals surface area (Å²) in [6.07, 6.45) is 6.90. The average molecular weight is 312 g/mol. The number of amides is 1. The summed E-state index contributed by atoms with van der Waals surface area (Å²) < 4.78 is 1.78. The normalized spacial score (nSPS) is 16.4. The van der Waals surface area contributed by atoms with Gasteiger partial charge in [-0.2, -0.15) is 5.10 Å². The summed E-state index contributed by atoms with van der Waals surface area (Å²) in [7, 11) is 0. The molecule has 1 aliphatic heterocycles. The van der Waals surface area contributed by atoms with E-state index in [1.807, 2.05) is 36.5 Å². The van der Waals surface area contributed by atoms with E-state index in [4.69, 9.17) is 0 Å². The first-order chi connectivity index (χ1) is 11.3. The number of hydrogen-bond donors (Lipinski definition) is 1. The summed E-state index contributed by atoms with van der Waals surface area (Å²) in [4.78, 5) is 14.8. The van der Waals surface area contributed by atoms with E-state index in [0.717, 1.165) is 38.2 Å². The number of nitrogens with one attached hydrogen (secondary N) is 1. The van der Waals surface area contributed by atoms with Crippen molar-refractivity contribution in [3.8, 4) is 5.69 Å². The molecule has 23 heavy (non-hydrogen) atoms. The Morgan fingerprint density at radius 3 is 2.61 bits per heavy atom. The van der Waals surface area contributed by atoms with Crippen LogP contribution in [0.15, 0.2) is 42.7 Å². The van der Waals surface area contributed by atoms with Crippen LogP contribution >= 0.6 is 0 Å². The molecule has 1 amide bonds. The van der Waals surface area contributed by atoms with Crippen LogP contribution in [0.1, 0.15) is 36.5 Å². The Balaban J connectivity index is 1.54. The minimum atomic E-state index is 0.0194. The number of piperidine rings is 1. The fourth-order valence-corrected chi connectivity index (χ4v) is 3.07. The maximum absolute atomic E-state index is 12.4. The third-order valence-corrected chi connectivity index (χ3v) is 4.36. The highest BCUT2D eigenvalue weighted by Gasteiger charge is 2.20. The van der Waals surface area contributed by atoms with Crippen molar-refractivity contribution < 1.29 is 4.79 Å². The highest BCUT2D eigenvalue weighted by Crippen LogP contribution is 2.13. The zero-order valence-corrected chi connectivity index (χ0v) is 13.6. The van der Waals surface area contributed by atoms with Crippen LogP contribution in [0.3, 0.4) is 0 Å². The highest BCUT2D eigenvalue weighted by molar-refractivity contribution is 5.94. The van der Waals surface area contributed by atoms with Crippen LogP contribution in [0.25, 0.3) is 5.69 Å². The summed E-state index contributed by atoms with van der Waals surface area (Å²) >= 11 is 0. The third-order valence-electron chi connectivity index (χ3n) is 4.36. The zero-order valence-electron chi connectivity index (χ0n) is 13.6. The van der Waals surface area contributed by atoms with Crippen molar-refractivity contribution in [2.45, 2.75) is 32.2 Å². The first-order valence-electron chi connectivity index (χ1n) is 8.39. The molecule has 1 aromatic heterocycles. The number of aromatic nitrogens is 2. The first kappa shape index (κ1) is 15.7. The molecule has 2 heterocycles. The lowest BCUT2D eigenvalue weighted by Gasteiger charge is -2.32. The van der Waals surface area contributed by atoms with Crippen LogP contribution in [0.4, 0.5) is 0 Å².